The second-order valence-electron chi connectivity index (χ2n) is 6.48. The van der Waals surface area contributed by atoms with Gasteiger partial charge in [0.25, 0.3) is 5.91 Å². The minimum Gasteiger partial charge on any atom is -0.383 e. The molecule has 3 aromatic carbocycles. The van der Waals surface area contributed by atoms with E-state index >= 15 is 0 Å². The van der Waals surface area contributed by atoms with Gasteiger partial charge >= 0.3 is 0 Å². The maximum atomic E-state index is 12.7. The fourth-order valence-electron chi connectivity index (χ4n) is 2.96. The largest absolute Gasteiger partial charge is 0.383 e. The Bertz CT molecular complexity index is 1070. The van der Waals surface area contributed by atoms with E-state index < -0.39 is 10.0 Å². The van der Waals surface area contributed by atoms with Crippen molar-refractivity contribution in [3.05, 3.63) is 72.3 Å². The number of hydrogen-bond donors (Lipinski definition) is 2. The Kier molecular flexibility index (Phi) is 6.08. The number of nitrogens with one attached hydrogen (secondary N) is 2. The molecule has 0 bridgehead atoms. The van der Waals surface area contributed by atoms with Gasteiger partial charge in [-0.15, -0.1) is 0 Å². The summed E-state index contributed by atoms with van der Waals surface area (Å²) in [5.41, 5.74) is 1.08. The van der Waals surface area contributed by atoms with E-state index in [2.05, 4.69) is 10.0 Å². The molecule has 0 aliphatic heterocycles. The molecule has 0 aliphatic carbocycles. The molecule has 0 saturated heterocycles. The number of hydrogen-bond acceptors (Lipinski definition) is 4. The van der Waals surface area contributed by atoms with Gasteiger partial charge in [0, 0.05) is 24.4 Å². The smallest absolute Gasteiger partial charge is 0.256 e. The lowest BCUT2D eigenvalue weighted by Gasteiger charge is -2.13. The Labute approximate surface area is 164 Å². The van der Waals surface area contributed by atoms with Crippen molar-refractivity contribution >= 4 is 32.4 Å². The molecule has 0 saturated carbocycles. The molecule has 3 aromatic rings. The van der Waals surface area contributed by atoms with Crippen molar-refractivity contribution in [3.63, 3.8) is 0 Å². The van der Waals surface area contributed by atoms with Crippen LogP contribution in [0.3, 0.4) is 0 Å². The molecule has 0 spiro atoms. The van der Waals surface area contributed by atoms with Crippen LogP contribution in [0.4, 0.5) is 5.69 Å². The van der Waals surface area contributed by atoms with E-state index in [1.54, 1.807) is 25.1 Å². The van der Waals surface area contributed by atoms with Crippen molar-refractivity contribution in [2.75, 3.05) is 19.0 Å². The van der Waals surface area contributed by atoms with Gasteiger partial charge in [0.2, 0.25) is 10.0 Å². The Hall–Kier alpha value is -2.74. The van der Waals surface area contributed by atoms with Gasteiger partial charge in [-0.2, -0.15) is 0 Å². The highest BCUT2D eigenvalue weighted by Crippen LogP contribution is 2.20. The Morgan fingerprint density at radius 2 is 1.68 bits per heavy atom. The zero-order chi connectivity index (χ0) is 20.1. The van der Waals surface area contributed by atoms with Gasteiger partial charge in [0.05, 0.1) is 11.5 Å². The van der Waals surface area contributed by atoms with E-state index in [1.807, 2.05) is 36.4 Å². The average molecular weight is 398 g/mol. The van der Waals surface area contributed by atoms with Crippen molar-refractivity contribution in [2.45, 2.75) is 17.9 Å². The summed E-state index contributed by atoms with van der Waals surface area (Å²) in [5.74, 6) is -0.251. The number of methoxy groups -OCH3 is 1. The third-order valence-corrected chi connectivity index (χ3v) is 5.84. The van der Waals surface area contributed by atoms with Gasteiger partial charge < -0.3 is 10.1 Å². The van der Waals surface area contributed by atoms with E-state index in [4.69, 9.17) is 4.74 Å². The molecule has 3 rings (SSSR count). The van der Waals surface area contributed by atoms with E-state index in [-0.39, 0.29) is 23.5 Å². The van der Waals surface area contributed by atoms with Crippen molar-refractivity contribution in [1.29, 1.82) is 0 Å². The summed E-state index contributed by atoms with van der Waals surface area (Å²) in [7, 11) is -2.14. The quantitative estimate of drug-likeness (QED) is 0.639. The highest BCUT2D eigenvalue weighted by atomic mass is 32.2. The van der Waals surface area contributed by atoms with Crippen molar-refractivity contribution in [3.8, 4) is 0 Å². The first-order chi connectivity index (χ1) is 13.4. The second-order valence-corrected chi connectivity index (χ2v) is 8.20. The maximum Gasteiger partial charge on any atom is 0.256 e. The predicted molar refractivity (Wildman–Crippen MR) is 110 cm³/mol. The van der Waals surface area contributed by atoms with E-state index in [0.717, 1.165) is 10.8 Å². The summed E-state index contributed by atoms with van der Waals surface area (Å²) in [6.45, 7) is 2.00. The van der Waals surface area contributed by atoms with Crippen LogP contribution in [0.25, 0.3) is 10.8 Å². The monoisotopic (exact) mass is 398 g/mol. The maximum absolute atomic E-state index is 12.7. The minimum absolute atomic E-state index is 0.124. The molecule has 1 amide bonds. The fourth-order valence-corrected chi connectivity index (χ4v) is 4.18. The van der Waals surface area contributed by atoms with Crippen LogP contribution in [0, 0.1) is 0 Å². The first-order valence-corrected chi connectivity index (χ1v) is 10.3. The normalized spacial score (nSPS) is 12.6. The molecule has 0 unspecified atom stereocenters. The molecule has 7 heteroatoms. The highest BCUT2D eigenvalue weighted by Gasteiger charge is 2.17. The van der Waals surface area contributed by atoms with Crippen molar-refractivity contribution < 1.29 is 17.9 Å². The Balaban J connectivity index is 1.76. The van der Waals surface area contributed by atoms with Gasteiger partial charge in [-0.05, 0) is 48.0 Å². The Morgan fingerprint density at radius 1 is 1.00 bits per heavy atom. The number of carbonyl (C=O) groups is 1. The van der Waals surface area contributed by atoms with Gasteiger partial charge in [-0.3, -0.25) is 4.79 Å². The topological polar surface area (TPSA) is 84.5 Å². The summed E-state index contributed by atoms with van der Waals surface area (Å²) < 4.78 is 32.2. The standard InChI is InChI=1S/C21H22N2O4S/c1-15(14-27-2)23-28(25,26)18-12-10-17(11-13-18)22-21(24)20-9-5-7-16-6-3-4-8-19(16)20/h3-13,15,23H,14H2,1-2H3,(H,22,24)/t15-/m1/s1. The third kappa shape index (κ3) is 4.56. The lowest BCUT2D eigenvalue weighted by Crippen LogP contribution is -2.35. The third-order valence-electron chi connectivity index (χ3n) is 4.23. The molecule has 146 valence electrons. The fraction of sp³-hybridized carbons (Fsp3) is 0.190. The van der Waals surface area contributed by atoms with Crippen LogP contribution in [0.2, 0.25) is 0 Å². The summed E-state index contributed by atoms with van der Waals surface area (Å²) in [6, 6.07) is 18.9. The number of fused-ring (bicyclic) bond motifs is 1. The number of sulfonamides is 1. The molecule has 6 nitrogen and oxygen atoms in total. The van der Waals surface area contributed by atoms with Crippen LogP contribution < -0.4 is 10.0 Å². The zero-order valence-corrected chi connectivity index (χ0v) is 16.5. The van der Waals surface area contributed by atoms with Crippen LogP contribution in [0.15, 0.2) is 71.6 Å². The highest BCUT2D eigenvalue weighted by molar-refractivity contribution is 7.89. The Morgan fingerprint density at radius 3 is 2.39 bits per heavy atom. The first-order valence-electron chi connectivity index (χ1n) is 8.81. The van der Waals surface area contributed by atoms with Crippen LogP contribution >= 0.6 is 0 Å². The van der Waals surface area contributed by atoms with E-state index in [0.29, 0.717) is 11.3 Å². The summed E-state index contributed by atoms with van der Waals surface area (Å²) in [5, 5.41) is 4.65. The van der Waals surface area contributed by atoms with Crippen LogP contribution in [-0.2, 0) is 14.8 Å². The van der Waals surface area contributed by atoms with Crippen molar-refractivity contribution in [1.82, 2.24) is 4.72 Å². The molecular formula is C21H22N2O4S. The molecule has 0 heterocycles. The van der Waals surface area contributed by atoms with Crippen molar-refractivity contribution in [2.24, 2.45) is 0 Å². The molecule has 0 aromatic heterocycles. The second kappa shape index (κ2) is 8.52. The van der Waals surface area contributed by atoms with E-state index in [1.165, 1.54) is 19.2 Å². The van der Waals surface area contributed by atoms with Gasteiger partial charge in [-0.25, -0.2) is 13.1 Å². The molecule has 0 aliphatic rings. The van der Waals surface area contributed by atoms with Crippen LogP contribution in [-0.4, -0.2) is 34.1 Å². The number of benzene rings is 3. The lowest BCUT2D eigenvalue weighted by atomic mass is 10.0. The summed E-state index contributed by atoms with van der Waals surface area (Å²) in [6.07, 6.45) is 0. The number of carbonyl (C=O) groups excluding carboxylic acids is 1. The number of amides is 1. The van der Waals surface area contributed by atoms with Gasteiger partial charge in [0.15, 0.2) is 0 Å². The molecule has 28 heavy (non-hydrogen) atoms. The predicted octanol–water partition coefficient (Wildman–Crippen LogP) is 3.41. The first kappa shape index (κ1) is 20.0. The molecule has 0 radical (unpaired) electrons. The molecule has 0 fully saturated rings. The van der Waals surface area contributed by atoms with Gasteiger partial charge in [-0.1, -0.05) is 36.4 Å². The number of anilines is 1. The van der Waals surface area contributed by atoms with Gasteiger partial charge in [0.1, 0.15) is 0 Å². The van der Waals surface area contributed by atoms with E-state index in [9.17, 15) is 13.2 Å². The number of ether oxygens (including phenoxy) is 1. The average Bonchev–Trinajstić information content (AvgIpc) is 2.67. The molecule has 1 atom stereocenters. The molecular weight excluding hydrogens is 376 g/mol. The summed E-state index contributed by atoms with van der Waals surface area (Å²) in [4.78, 5) is 12.8. The SMILES string of the molecule is COC[C@@H](C)NS(=O)(=O)c1ccc(NC(=O)c2cccc3ccccc23)cc1. The lowest BCUT2D eigenvalue weighted by molar-refractivity contribution is 0.102. The zero-order valence-electron chi connectivity index (χ0n) is 15.7. The van der Waals surface area contributed by atoms with Crippen LogP contribution in [0.1, 0.15) is 17.3 Å². The van der Waals surface area contributed by atoms with Crippen LogP contribution in [0.5, 0.6) is 0 Å². The molecule has 2 N–H and O–H groups in total. The summed E-state index contributed by atoms with van der Waals surface area (Å²) >= 11 is 0. The minimum atomic E-state index is -3.65. The number of rotatable bonds is 7.